The molecular formula is C12H15F2N3O3. The fraction of sp³-hybridized carbons (Fsp3) is 0.333. The number of halogens is 2. The van der Waals surface area contributed by atoms with Crippen molar-refractivity contribution in [3.63, 3.8) is 0 Å². The first kappa shape index (κ1) is 15.7. The fourth-order valence-corrected chi connectivity index (χ4v) is 1.30. The molecule has 0 spiro atoms. The van der Waals surface area contributed by atoms with Crippen molar-refractivity contribution in [3.05, 3.63) is 23.8 Å². The number of carbonyl (C=O) groups is 2. The third-order valence-electron chi connectivity index (χ3n) is 2.30. The maximum absolute atomic E-state index is 13.5. The second-order valence-corrected chi connectivity index (χ2v) is 3.91. The Morgan fingerprint density at radius 1 is 1.35 bits per heavy atom. The minimum Gasteiger partial charge on any atom is -0.478 e. The maximum Gasteiger partial charge on any atom is 0.321 e. The number of rotatable bonds is 4. The minimum absolute atomic E-state index is 0.339. The molecule has 6 nitrogen and oxygen atoms in total. The van der Waals surface area contributed by atoms with Gasteiger partial charge in [0.1, 0.15) is 5.82 Å². The van der Waals surface area contributed by atoms with Crippen molar-refractivity contribution in [2.24, 2.45) is 0 Å². The van der Waals surface area contributed by atoms with Gasteiger partial charge in [0.05, 0.1) is 5.69 Å². The van der Waals surface area contributed by atoms with Gasteiger partial charge in [-0.1, -0.05) is 0 Å². The summed E-state index contributed by atoms with van der Waals surface area (Å²) in [5, 5.41) is 4.34. The second-order valence-electron chi connectivity index (χ2n) is 3.91. The Labute approximate surface area is 114 Å². The molecule has 110 valence electrons. The second kappa shape index (κ2) is 6.69. The van der Waals surface area contributed by atoms with E-state index in [-0.39, 0.29) is 5.69 Å². The highest BCUT2D eigenvalue weighted by atomic mass is 19.1. The Morgan fingerprint density at radius 2 is 2.00 bits per heavy atom. The van der Waals surface area contributed by atoms with Crippen molar-refractivity contribution in [2.75, 3.05) is 12.3 Å². The van der Waals surface area contributed by atoms with E-state index in [2.05, 4.69) is 5.32 Å². The van der Waals surface area contributed by atoms with Crippen molar-refractivity contribution < 1.29 is 23.1 Å². The van der Waals surface area contributed by atoms with Crippen molar-refractivity contribution in [2.45, 2.75) is 20.0 Å². The molecular weight excluding hydrogens is 272 g/mol. The average molecular weight is 287 g/mol. The topological polar surface area (TPSA) is 93.5 Å². The van der Waals surface area contributed by atoms with Gasteiger partial charge in [-0.25, -0.2) is 13.6 Å². The lowest BCUT2D eigenvalue weighted by molar-refractivity contribution is -0.126. The number of amides is 3. The number of carbonyl (C=O) groups excluding carboxylic acids is 2. The average Bonchev–Trinajstić information content (AvgIpc) is 2.35. The molecule has 1 aromatic rings. The Bertz CT molecular complexity index is 523. The number of anilines is 1. The normalized spacial score (nSPS) is 11.6. The number of hydrogen-bond acceptors (Lipinski definition) is 4. The van der Waals surface area contributed by atoms with Crippen molar-refractivity contribution >= 4 is 17.6 Å². The molecule has 1 unspecified atom stereocenters. The van der Waals surface area contributed by atoms with E-state index in [1.165, 1.54) is 6.92 Å². The van der Waals surface area contributed by atoms with Crippen LogP contribution in [0.1, 0.15) is 13.8 Å². The number of nitrogens with one attached hydrogen (secondary N) is 2. The third-order valence-corrected chi connectivity index (χ3v) is 2.30. The van der Waals surface area contributed by atoms with E-state index in [1.807, 2.05) is 5.32 Å². The Kier molecular flexibility index (Phi) is 5.24. The summed E-state index contributed by atoms with van der Waals surface area (Å²) in [7, 11) is 0. The van der Waals surface area contributed by atoms with E-state index in [0.29, 0.717) is 6.54 Å². The van der Waals surface area contributed by atoms with Crippen LogP contribution < -0.4 is 21.1 Å². The molecule has 0 saturated carbocycles. The number of nitrogen functional groups attached to an aromatic ring is 1. The van der Waals surface area contributed by atoms with E-state index in [4.69, 9.17) is 10.5 Å². The van der Waals surface area contributed by atoms with Crippen molar-refractivity contribution in [3.8, 4) is 5.75 Å². The van der Waals surface area contributed by atoms with Crippen LogP contribution in [-0.2, 0) is 4.79 Å². The Balaban J connectivity index is 2.71. The number of ether oxygens (including phenoxy) is 1. The molecule has 0 aliphatic rings. The van der Waals surface area contributed by atoms with Crippen molar-refractivity contribution in [1.82, 2.24) is 10.6 Å². The molecule has 8 heteroatoms. The van der Waals surface area contributed by atoms with Crippen LogP contribution in [0.3, 0.4) is 0 Å². The van der Waals surface area contributed by atoms with Crippen LogP contribution in [-0.4, -0.2) is 24.6 Å². The van der Waals surface area contributed by atoms with Crippen LogP contribution in [0.4, 0.5) is 19.3 Å². The zero-order chi connectivity index (χ0) is 15.3. The van der Waals surface area contributed by atoms with Gasteiger partial charge in [0.2, 0.25) is 0 Å². The molecule has 20 heavy (non-hydrogen) atoms. The van der Waals surface area contributed by atoms with Crippen LogP contribution in [0.25, 0.3) is 0 Å². The van der Waals surface area contributed by atoms with Crippen LogP contribution >= 0.6 is 0 Å². The number of hydrogen-bond donors (Lipinski definition) is 3. The van der Waals surface area contributed by atoms with Crippen LogP contribution in [0.5, 0.6) is 5.75 Å². The highest BCUT2D eigenvalue weighted by Crippen LogP contribution is 2.23. The summed E-state index contributed by atoms with van der Waals surface area (Å²) in [5.41, 5.74) is 4.81. The van der Waals surface area contributed by atoms with E-state index >= 15 is 0 Å². The summed E-state index contributed by atoms with van der Waals surface area (Å²) in [5.74, 6) is -3.01. The monoisotopic (exact) mass is 287 g/mol. The zero-order valence-corrected chi connectivity index (χ0v) is 11.0. The Morgan fingerprint density at radius 3 is 2.60 bits per heavy atom. The SMILES string of the molecule is CCNC(=O)NC(=O)C(C)Oc1cc(F)c(N)cc1F. The highest BCUT2D eigenvalue weighted by molar-refractivity contribution is 5.96. The highest BCUT2D eigenvalue weighted by Gasteiger charge is 2.19. The van der Waals surface area contributed by atoms with Gasteiger partial charge in [0.25, 0.3) is 5.91 Å². The van der Waals surface area contributed by atoms with Gasteiger partial charge in [0, 0.05) is 18.7 Å². The predicted molar refractivity (Wildman–Crippen MR) is 68.1 cm³/mol. The molecule has 1 aromatic carbocycles. The van der Waals surface area contributed by atoms with Gasteiger partial charge in [-0.2, -0.15) is 0 Å². The van der Waals surface area contributed by atoms with Gasteiger partial charge in [-0.05, 0) is 13.8 Å². The standard InChI is InChI=1S/C12H15F2N3O3/c1-3-16-12(19)17-11(18)6(2)20-10-5-7(13)9(15)4-8(10)14/h4-6H,3,15H2,1-2H3,(H2,16,17,18,19). The first-order valence-electron chi connectivity index (χ1n) is 5.85. The fourth-order valence-electron chi connectivity index (χ4n) is 1.30. The molecule has 0 fully saturated rings. The number of benzene rings is 1. The lowest BCUT2D eigenvalue weighted by atomic mass is 10.2. The van der Waals surface area contributed by atoms with E-state index in [1.54, 1.807) is 6.92 Å². The van der Waals surface area contributed by atoms with E-state index in [9.17, 15) is 18.4 Å². The number of urea groups is 1. The van der Waals surface area contributed by atoms with Gasteiger partial charge >= 0.3 is 6.03 Å². The molecule has 0 saturated heterocycles. The smallest absolute Gasteiger partial charge is 0.321 e. The molecule has 1 rings (SSSR count). The van der Waals surface area contributed by atoms with Crippen LogP contribution in [0, 0.1) is 11.6 Å². The lowest BCUT2D eigenvalue weighted by Gasteiger charge is -2.15. The molecule has 0 aromatic heterocycles. The lowest BCUT2D eigenvalue weighted by Crippen LogP contribution is -2.45. The molecule has 1 atom stereocenters. The number of imide groups is 1. The van der Waals surface area contributed by atoms with Gasteiger partial charge < -0.3 is 15.8 Å². The molecule has 0 bridgehead atoms. The molecule has 0 heterocycles. The third kappa shape index (κ3) is 4.08. The minimum atomic E-state index is -1.19. The summed E-state index contributed by atoms with van der Waals surface area (Å²) in [6.45, 7) is 3.31. The summed E-state index contributed by atoms with van der Waals surface area (Å²) in [4.78, 5) is 22.7. The molecule has 0 aliphatic carbocycles. The maximum atomic E-state index is 13.5. The molecule has 4 N–H and O–H groups in total. The van der Waals surface area contributed by atoms with Gasteiger partial charge in [-0.3, -0.25) is 10.1 Å². The van der Waals surface area contributed by atoms with Gasteiger partial charge in [-0.15, -0.1) is 0 Å². The first-order valence-corrected chi connectivity index (χ1v) is 5.85. The molecule has 0 aliphatic heterocycles. The summed E-state index contributed by atoms with van der Waals surface area (Å²) in [6.07, 6.45) is -1.19. The largest absolute Gasteiger partial charge is 0.478 e. The summed E-state index contributed by atoms with van der Waals surface area (Å²) < 4.78 is 31.6. The van der Waals surface area contributed by atoms with Crippen molar-refractivity contribution in [1.29, 1.82) is 0 Å². The predicted octanol–water partition coefficient (Wildman–Crippen LogP) is 1.16. The van der Waals surface area contributed by atoms with Crippen LogP contribution in [0.15, 0.2) is 12.1 Å². The molecule has 0 radical (unpaired) electrons. The summed E-state index contributed by atoms with van der Waals surface area (Å²) >= 11 is 0. The van der Waals surface area contributed by atoms with E-state index < -0.39 is 35.4 Å². The zero-order valence-electron chi connectivity index (χ0n) is 11.0. The first-order chi connectivity index (χ1) is 9.35. The quantitative estimate of drug-likeness (QED) is 0.724. The Hall–Kier alpha value is -2.38. The van der Waals surface area contributed by atoms with E-state index in [0.717, 1.165) is 12.1 Å². The molecule has 3 amide bonds. The summed E-state index contributed by atoms with van der Waals surface area (Å²) in [6, 6.07) is 0.788. The van der Waals surface area contributed by atoms with Gasteiger partial charge in [0.15, 0.2) is 17.7 Å². The number of nitrogens with two attached hydrogens (primary N) is 1. The van der Waals surface area contributed by atoms with Crippen LogP contribution in [0.2, 0.25) is 0 Å².